The summed E-state index contributed by atoms with van der Waals surface area (Å²) in [7, 11) is -3.38. The van der Waals surface area contributed by atoms with Gasteiger partial charge < -0.3 is 47.4 Å². The highest BCUT2D eigenvalue weighted by Gasteiger charge is 2.49. The van der Waals surface area contributed by atoms with Crippen LogP contribution in [0.5, 0.6) is 11.5 Å². The first-order chi connectivity index (χ1) is 43.9. The average molecular weight is 1380 g/mol. The number of terminal acetylenes is 1. The van der Waals surface area contributed by atoms with Crippen LogP contribution in [-0.4, -0.2) is 168 Å². The third-order valence-corrected chi connectivity index (χ3v) is 25.2. The molecule has 2 aromatic heterocycles. The maximum atomic E-state index is 15.0. The second-order valence-corrected chi connectivity index (χ2v) is 33.3. The summed E-state index contributed by atoms with van der Waals surface area (Å²) in [6, 6.07) is 18.2. The van der Waals surface area contributed by atoms with Gasteiger partial charge in [-0.3, -0.25) is 37.8 Å². The topological polar surface area (TPSA) is 334 Å². The number of rotatable bonds is 14. The SMILES string of the molecule is C#CCOc1ccc(C(=O)Nc2ccc(F)c([C@]3(C)CN(C)S(=C)(=O)C(C)(C)C(N)=N3)c2)nc1.C=S1(=O)N(C)C[C@@](C)(c2cc(NC(=O)c3ccc(OCF)cn3)ccc2F)N=C(N)C1(C)C.CO[C@@H](C)C(=O)Nc1ccc(F)c([C@]2(C)CN(C)S(=O)(=O)C(C)(C)C(N)=N2)c1. The summed E-state index contributed by atoms with van der Waals surface area (Å²) < 4.78 is 125. The molecule has 5 aromatic rings. The molecule has 0 bridgehead atoms. The Bertz CT molecular complexity index is 4250. The molecular weight excluding hydrogens is 1300 g/mol. The summed E-state index contributed by atoms with van der Waals surface area (Å²) in [6.07, 6.45) is 7.08. The molecule has 514 valence electrons. The van der Waals surface area contributed by atoms with E-state index in [9.17, 15) is 44.4 Å². The number of hydrogen-bond donors (Lipinski definition) is 6. The van der Waals surface area contributed by atoms with Crippen LogP contribution in [0.2, 0.25) is 0 Å². The molecule has 0 saturated heterocycles. The maximum Gasteiger partial charge on any atom is 0.274 e. The molecule has 24 nitrogen and oxygen atoms in total. The van der Waals surface area contributed by atoms with Gasteiger partial charge in [0, 0.05) is 87.0 Å². The Balaban J connectivity index is 0.000000227. The monoisotopic (exact) mass is 1380 g/mol. The van der Waals surface area contributed by atoms with Crippen molar-refractivity contribution < 1.29 is 63.0 Å². The van der Waals surface area contributed by atoms with Crippen molar-refractivity contribution in [2.24, 2.45) is 32.2 Å². The van der Waals surface area contributed by atoms with E-state index in [-0.39, 0.29) is 77.6 Å². The van der Waals surface area contributed by atoms with Crippen LogP contribution in [0.1, 0.15) is 107 Å². The molecule has 31 heteroatoms. The third kappa shape index (κ3) is 15.8. The van der Waals surface area contributed by atoms with Crippen molar-refractivity contribution in [3.8, 4) is 23.8 Å². The van der Waals surface area contributed by atoms with E-state index in [0.717, 1.165) is 4.31 Å². The molecule has 3 aliphatic rings. The van der Waals surface area contributed by atoms with Gasteiger partial charge in [0.05, 0.1) is 12.4 Å². The summed E-state index contributed by atoms with van der Waals surface area (Å²) in [6.45, 7) is 15.4. The molecule has 0 spiro atoms. The second-order valence-electron chi connectivity index (χ2n) is 24.8. The highest BCUT2D eigenvalue weighted by atomic mass is 32.2. The number of hydrogen-bond acceptors (Lipinski definition) is 18. The summed E-state index contributed by atoms with van der Waals surface area (Å²) in [5.41, 5.74) is 16.5. The van der Waals surface area contributed by atoms with E-state index in [2.05, 4.69) is 63.3 Å². The van der Waals surface area contributed by atoms with Crippen molar-refractivity contribution in [2.45, 2.75) is 106 Å². The largest absolute Gasteiger partial charge is 0.479 e. The molecule has 0 aliphatic carbocycles. The number of carbonyl (C=O) groups is 3. The summed E-state index contributed by atoms with van der Waals surface area (Å²) in [5.74, 6) is 7.72. The second kappa shape index (κ2) is 28.4. The zero-order valence-corrected chi connectivity index (χ0v) is 57.8. The smallest absolute Gasteiger partial charge is 0.274 e. The molecule has 0 radical (unpaired) electrons. The van der Waals surface area contributed by atoms with Gasteiger partial charge in [-0.15, -0.1) is 6.42 Å². The number of alkyl halides is 1. The fourth-order valence-corrected chi connectivity index (χ4v) is 14.9. The molecule has 0 saturated carbocycles. The fourth-order valence-electron chi connectivity index (χ4n) is 10.1. The Morgan fingerprint density at radius 2 is 0.937 bits per heavy atom. The first-order valence-electron chi connectivity index (χ1n) is 29.1. The molecular formula is C64H82F4N14O10S3. The lowest BCUT2D eigenvalue weighted by atomic mass is 9.91. The van der Waals surface area contributed by atoms with E-state index in [0.29, 0.717) is 22.8 Å². The van der Waals surface area contributed by atoms with E-state index in [1.165, 1.54) is 113 Å². The van der Waals surface area contributed by atoms with Gasteiger partial charge in [0.15, 0.2) is 0 Å². The number of amides is 3. The lowest BCUT2D eigenvalue weighted by Gasteiger charge is -2.33. The van der Waals surface area contributed by atoms with Gasteiger partial charge in [-0.25, -0.2) is 48.9 Å². The van der Waals surface area contributed by atoms with Crippen LogP contribution in [0, 0.1) is 29.8 Å². The Morgan fingerprint density at radius 1 is 0.589 bits per heavy atom. The van der Waals surface area contributed by atoms with Crippen LogP contribution in [-0.2, 0) is 55.6 Å². The molecule has 2 unspecified atom stereocenters. The van der Waals surface area contributed by atoms with Crippen LogP contribution in [0.15, 0.2) is 106 Å². The van der Waals surface area contributed by atoms with Crippen molar-refractivity contribution in [2.75, 3.05) is 77.3 Å². The van der Waals surface area contributed by atoms with Crippen molar-refractivity contribution in [3.63, 3.8) is 0 Å². The normalized spacial score (nSPS) is 25.0. The number of ether oxygens (including phenoxy) is 3. The molecule has 6 atom stereocenters. The Labute approximate surface area is 552 Å². The van der Waals surface area contributed by atoms with E-state index in [4.69, 9.17) is 33.1 Å². The number of likely N-dealkylation sites (N-methyl/N-ethyl adjacent to an activating group) is 3. The zero-order chi connectivity index (χ0) is 71.4. The van der Waals surface area contributed by atoms with Crippen LogP contribution < -0.4 is 42.6 Å². The lowest BCUT2D eigenvalue weighted by molar-refractivity contribution is -0.124. The minimum atomic E-state index is -3.79. The first kappa shape index (κ1) is 75.5. The summed E-state index contributed by atoms with van der Waals surface area (Å²) in [5, 5.41) is 8.02. The Morgan fingerprint density at radius 3 is 1.27 bits per heavy atom. The predicted octanol–water partition coefficient (Wildman–Crippen LogP) is 6.54. The van der Waals surface area contributed by atoms with Crippen LogP contribution in [0.4, 0.5) is 34.6 Å². The fraction of sp³-hybridized carbons (Fsp3) is 0.406. The van der Waals surface area contributed by atoms with Crippen molar-refractivity contribution in [1.82, 2.24) is 22.9 Å². The highest BCUT2D eigenvalue weighted by molar-refractivity contribution is 8.00. The number of methoxy groups -OCH3 is 1. The van der Waals surface area contributed by atoms with Crippen LogP contribution in [0.3, 0.4) is 0 Å². The number of nitrogens with two attached hydrogens (primary N) is 3. The van der Waals surface area contributed by atoms with E-state index >= 15 is 4.39 Å². The van der Waals surface area contributed by atoms with Gasteiger partial charge in [0.2, 0.25) is 16.9 Å². The van der Waals surface area contributed by atoms with Gasteiger partial charge in [0.25, 0.3) is 17.7 Å². The molecule has 5 heterocycles. The van der Waals surface area contributed by atoms with Gasteiger partial charge in [-0.1, -0.05) is 5.92 Å². The number of aliphatic imine (C=N–C) groups is 3. The zero-order valence-electron chi connectivity index (χ0n) is 55.4. The highest BCUT2D eigenvalue weighted by Crippen LogP contribution is 2.40. The van der Waals surface area contributed by atoms with Gasteiger partial charge in [-0.05, 0) is 174 Å². The third-order valence-electron chi connectivity index (χ3n) is 16.8. The summed E-state index contributed by atoms with van der Waals surface area (Å²) in [4.78, 5) is 58.9. The number of benzene rings is 3. The molecule has 3 amide bonds. The van der Waals surface area contributed by atoms with E-state index < -0.39 is 108 Å². The van der Waals surface area contributed by atoms with Crippen molar-refractivity contribution in [1.29, 1.82) is 0 Å². The number of nitrogens with one attached hydrogen (secondary N) is 3. The van der Waals surface area contributed by atoms with Gasteiger partial charge >= 0.3 is 0 Å². The van der Waals surface area contributed by atoms with Crippen molar-refractivity contribution in [3.05, 3.63) is 137 Å². The van der Waals surface area contributed by atoms with E-state index in [1.807, 2.05) is 0 Å². The van der Waals surface area contributed by atoms with Gasteiger partial charge in [0.1, 0.15) is 101 Å². The minimum absolute atomic E-state index is 0.0632. The number of sulfonamides is 1. The van der Waals surface area contributed by atoms with Crippen LogP contribution in [0.25, 0.3) is 0 Å². The predicted molar refractivity (Wildman–Crippen MR) is 366 cm³/mol. The molecule has 8 rings (SSSR count). The Hall–Kier alpha value is -8.51. The minimum Gasteiger partial charge on any atom is -0.479 e. The number of aromatic nitrogens is 2. The molecule has 0 fully saturated rings. The summed E-state index contributed by atoms with van der Waals surface area (Å²) >= 11 is 0. The lowest BCUT2D eigenvalue weighted by Crippen LogP contribution is -2.50. The molecule has 3 aliphatic heterocycles. The number of anilines is 3. The number of pyridine rings is 2. The van der Waals surface area contributed by atoms with Gasteiger partial charge in [-0.2, -0.15) is 0 Å². The molecule has 95 heavy (non-hydrogen) atoms. The van der Waals surface area contributed by atoms with E-state index in [1.54, 1.807) is 84.2 Å². The number of carbonyl (C=O) groups excluding carboxylic acids is 3. The first-order valence-corrected chi connectivity index (χ1v) is 33.9. The molecule has 9 N–H and O–H groups in total. The van der Waals surface area contributed by atoms with Crippen LogP contribution >= 0.6 is 0 Å². The number of amidine groups is 3. The number of halogens is 4. The quantitative estimate of drug-likeness (QED) is 0.0390. The standard InChI is InChI=1S/C24H28FN5O3S.C22H27F2N5O3S.C18H27FN4O4S/c1-7-12-33-17-9-11-20(27-14-17)21(31)28-16-8-10-19(25)18(13-16)24(4)15-30(5)34(6,32)23(2,3)22(26)29-24;1-21(2)20(25)28-22(3,12-29(4)33(21,5)31)16-10-14(6-8-17(16)24)27-19(30)18-9-7-15(11-26-18)32-13-23;1-11(27-6)15(24)21-12-7-8-14(19)13(9-12)18(4)10-23(5)28(25,26)17(2,3)16(20)22-18/h1,8-11,13-14H,6,12,15H2,2-5H3,(H2,26,29)(H,28,31);6-11H,5,12-13H2,1-4H3,(H2,25,28)(H,27,30);7-9,11H,10H2,1-6H3,(H2,20,22)(H,21,24)/t24-,34?;22-,33?;11-,18-/m000/s1. The van der Waals surface area contributed by atoms with Crippen molar-refractivity contribution >= 4 is 93.5 Å². The average Bonchev–Trinajstić information content (AvgIpc) is 1.63. The molecule has 3 aromatic carbocycles. The maximum absolute atomic E-state index is 15.0. The Kier molecular flexibility index (Phi) is 22.6. The number of nitrogens with zero attached hydrogens (tertiary/aromatic N) is 8.